The van der Waals surface area contributed by atoms with E-state index in [-0.39, 0.29) is 12.0 Å². The van der Waals surface area contributed by atoms with Crippen LogP contribution in [0.3, 0.4) is 0 Å². The lowest BCUT2D eigenvalue weighted by atomic mass is 9.73. The average Bonchev–Trinajstić information content (AvgIpc) is 2.39. The van der Waals surface area contributed by atoms with Gasteiger partial charge < -0.3 is 10.2 Å². The van der Waals surface area contributed by atoms with Crippen LogP contribution in [-0.4, -0.2) is 44.3 Å². The van der Waals surface area contributed by atoms with Crippen molar-refractivity contribution in [2.75, 3.05) is 33.2 Å². The standard InChI is InChI=1S/C15H27F3N2/c1-19-11-14(7-3-2-4-8-14)12-20-9-5-6-13(10-20)15(16,17)18/h13,19H,2-12H2,1H3. The summed E-state index contributed by atoms with van der Waals surface area (Å²) in [6.07, 6.45) is 2.98. The lowest BCUT2D eigenvalue weighted by molar-refractivity contribution is -0.188. The molecule has 0 radical (unpaired) electrons. The molecule has 118 valence electrons. The molecule has 1 saturated heterocycles. The van der Waals surface area contributed by atoms with E-state index in [1.54, 1.807) is 0 Å². The van der Waals surface area contributed by atoms with Crippen molar-refractivity contribution >= 4 is 0 Å². The highest BCUT2D eigenvalue weighted by atomic mass is 19.4. The minimum atomic E-state index is -4.03. The normalized spacial score (nSPS) is 28.5. The van der Waals surface area contributed by atoms with Gasteiger partial charge in [-0.05, 0) is 44.7 Å². The molecule has 1 saturated carbocycles. The first-order chi connectivity index (χ1) is 9.45. The lowest BCUT2D eigenvalue weighted by Gasteiger charge is -2.44. The van der Waals surface area contributed by atoms with Crippen molar-refractivity contribution in [3.63, 3.8) is 0 Å². The van der Waals surface area contributed by atoms with Gasteiger partial charge in [0, 0.05) is 19.6 Å². The van der Waals surface area contributed by atoms with Gasteiger partial charge in [-0.1, -0.05) is 19.3 Å². The number of nitrogens with zero attached hydrogens (tertiary/aromatic N) is 1. The number of alkyl halides is 3. The second-order valence-electron chi connectivity index (χ2n) is 6.71. The maximum atomic E-state index is 12.9. The van der Waals surface area contributed by atoms with Crippen LogP contribution in [0.2, 0.25) is 0 Å². The van der Waals surface area contributed by atoms with Crippen LogP contribution in [0.25, 0.3) is 0 Å². The van der Waals surface area contributed by atoms with Crippen LogP contribution < -0.4 is 5.32 Å². The van der Waals surface area contributed by atoms with E-state index in [1.807, 2.05) is 7.05 Å². The van der Waals surface area contributed by atoms with Crippen LogP contribution >= 0.6 is 0 Å². The van der Waals surface area contributed by atoms with Gasteiger partial charge in [0.05, 0.1) is 5.92 Å². The summed E-state index contributed by atoms with van der Waals surface area (Å²) in [5.74, 6) is -1.12. The van der Waals surface area contributed by atoms with Gasteiger partial charge in [0.15, 0.2) is 0 Å². The molecule has 2 aliphatic rings. The zero-order valence-electron chi connectivity index (χ0n) is 12.4. The summed E-state index contributed by atoms with van der Waals surface area (Å²) in [6, 6.07) is 0. The number of halogens is 3. The van der Waals surface area contributed by atoms with Crippen LogP contribution in [0.15, 0.2) is 0 Å². The van der Waals surface area contributed by atoms with Crippen molar-refractivity contribution in [1.29, 1.82) is 0 Å². The van der Waals surface area contributed by atoms with Crippen LogP contribution in [0.1, 0.15) is 44.9 Å². The number of likely N-dealkylation sites (tertiary alicyclic amines) is 1. The van der Waals surface area contributed by atoms with Crippen molar-refractivity contribution < 1.29 is 13.2 Å². The minimum Gasteiger partial charge on any atom is -0.319 e. The van der Waals surface area contributed by atoms with E-state index in [0.29, 0.717) is 12.8 Å². The van der Waals surface area contributed by atoms with Crippen molar-refractivity contribution in [3.8, 4) is 0 Å². The molecule has 1 N–H and O–H groups in total. The maximum absolute atomic E-state index is 12.9. The summed E-state index contributed by atoms with van der Waals surface area (Å²) in [4.78, 5) is 2.07. The molecule has 5 heteroatoms. The van der Waals surface area contributed by atoms with Gasteiger partial charge in [0.2, 0.25) is 0 Å². The Morgan fingerprint density at radius 3 is 2.45 bits per heavy atom. The molecule has 20 heavy (non-hydrogen) atoms. The molecule has 0 amide bonds. The van der Waals surface area contributed by atoms with Crippen LogP contribution in [0, 0.1) is 11.3 Å². The Morgan fingerprint density at radius 1 is 1.15 bits per heavy atom. The van der Waals surface area contributed by atoms with E-state index in [1.165, 1.54) is 19.3 Å². The number of hydrogen-bond acceptors (Lipinski definition) is 2. The third-order valence-electron chi connectivity index (χ3n) is 4.99. The summed E-state index contributed by atoms with van der Waals surface area (Å²) >= 11 is 0. The predicted molar refractivity (Wildman–Crippen MR) is 74.7 cm³/mol. The summed E-state index contributed by atoms with van der Waals surface area (Å²) in [5.41, 5.74) is 0.195. The van der Waals surface area contributed by atoms with E-state index in [2.05, 4.69) is 10.2 Å². The Bertz CT molecular complexity index is 292. The molecule has 2 fully saturated rings. The fourth-order valence-corrected chi connectivity index (χ4v) is 4.01. The number of rotatable bonds is 4. The van der Waals surface area contributed by atoms with Crippen LogP contribution in [0.5, 0.6) is 0 Å². The molecule has 0 bridgehead atoms. The van der Waals surface area contributed by atoms with Gasteiger partial charge >= 0.3 is 6.18 Å². The zero-order chi connectivity index (χ0) is 14.6. The molecule has 1 aliphatic heterocycles. The summed E-state index contributed by atoms with van der Waals surface area (Å²) in [5, 5.41) is 3.26. The predicted octanol–water partition coefficient (Wildman–Crippen LogP) is 3.43. The van der Waals surface area contributed by atoms with E-state index < -0.39 is 12.1 Å². The minimum absolute atomic E-state index is 0.195. The fourth-order valence-electron chi connectivity index (χ4n) is 4.01. The molecule has 0 aromatic rings. The number of hydrogen-bond donors (Lipinski definition) is 1. The second kappa shape index (κ2) is 6.65. The summed E-state index contributed by atoms with van der Waals surface area (Å²) in [6.45, 7) is 2.80. The Balaban J connectivity index is 1.96. The Kier molecular flexibility index (Phi) is 5.35. The first-order valence-electron chi connectivity index (χ1n) is 7.89. The zero-order valence-corrected chi connectivity index (χ0v) is 12.4. The Hall–Kier alpha value is -0.290. The lowest BCUT2D eigenvalue weighted by Crippen LogP contribution is -2.49. The van der Waals surface area contributed by atoms with Gasteiger partial charge in [-0.15, -0.1) is 0 Å². The van der Waals surface area contributed by atoms with E-state index >= 15 is 0 Å². The number of piperidine rings is 1. The van der Waals surface area contributed by atoms with Crippen LogP contribution in [0.4, 0.5) is 13.2 Å². The van der Waals surface area contributed by atoms with Crippen molar-refractivity contribution in [3.05, 3.63) is 0 Å². The highest BCUT2D eigenvalue weighted by Gasteiger charge is 2.43. The topological polar surface area (TPSA) is 15.3 Å². The van der Waals surface area contributed by atoms with Crippen molar-refractivity contribution in [1.82, 2.24) is 10.2 Å². The third kappa shape index (κ3) is 4.10. The van der Waals surface area contributed by atoms with E-state index in [4.69, 9.17) is 0 Å². The van der Waals surface area contributed by atoms with Crippen molar-refractivity contribution in [2.24, 2.45) is 11.3 Å². The quantitative estimate of drug-likeness (QED) is 0.854. The van der Waals surface area contributed by atoms with Gasteiger partial charge in [0.25, 0.3) is 0 Å². The molecular weight excluding hydrogens is 265 g/mol. The van der Waals surface area contributed by atoms with Gasteiger partial charge in [0.1, 0.15) is 0 Å². The average molecular weight is 292 g/mol. The summed E-state index contributed by atoms with van der Waals surface area (Å²) < 4.78 is 38.7. The molecule has 1 heterocycles. The third-order valence-corrected chi connectivity index (χ3v) is 4.99. The molecular formula is C15H27F3N2. The molecule has 0 spiro atoms. The molecule has 2 rings (SSSR count). The molecule has 0 aromatic heterocycles. The highest BCUT2D eigenvalue weighted by molar-refractivity contribution is 4.89. The largest absolute Gasteiger partial charge is 0.393 e. The maximum Gasteiger partial charge on any atom is 0.393 e. The first-order valence-corrected chi connectivity index (χ1v) is 7.89. The molecule has 1 unspecified atom stereocenters. The highest BCUT2D eigenvalue weighted by Crippen LogP contribution is 2.39. The van der Waals surface area contributed by atoms with Gasteiger partial charge in [-0.3, -0.25) is 0 Å². The van der Waals surface area contributed by atoms with Gasteiger partial charge in [-0.25, -0.2) is 0 Å². The second-order valence-corrected chi connectivity index (χ2v) is 6.71. The monoisotopic (exact) mass is 292 g/mol. The van der Waals surface area contributed by atoms with E-state index in [9.17, 15) is 13.2 Å². The smallest absolute Gasteiger partial charge is 0.319 e. The molecule has 2 nitrogen and oxygen atoms in total. The SMILES string of the molecule is CNCC1(CN2CCCC(C(F)(F)F)C2)CCCCC1. The number of nitrogens with one attached hydrogen (secondary N) is 1. The molecule has 1 aliphatic carbocycles. The Labute approximate surface area is 120 Å². The fraction of sp³-hybridized carbons (Fsp3) is 1.00. The van der Waals surface area contributed by atoms with Crippen LogP contribution in [-0.2, 0) is 0 Å². The summed E-state index contributed by atoms with van der Waals surface area (Å²) in [7, 11) is 1.95. The molecule has 1 atom stereocenters. The first kappa shape index (κ1) is 16.1. The Morgan fingerprint density at radius 2 is 1.85 bits per heavy atom. The van der Waals surface area contributed by atoms with Gasteiger partial charge in [-0.2, -0.15) is 13.2 Å². The van der Waals surface area contributed by atoms with E-state index in [0.717, 1.165) is 32.5 Å². The molecule has 0 aromatic carbocycles. The van der Waals surface area contributed by atoms with Crippen molar-refractivity contribution in [2.45, 2.75) is 51.1 Å².